The lowest BCUT2D eigenvalue weighted by atomic mass is 9.98. The van der Waals surface area contributed by atoms with Crippen LogP contribution in [0.5, 0.6) is 0 Å². The predicted octanol–water partition coefficient (Wildman–Crippen LogP) is 3.60. The summed E-state index contributed by atoms with van der Waals surface area (Å²) in [5, 5.41) is 11.5. The van der Waals surface area contributed by atoms with E-state index in [9.17, 15) is 14.4 Å². The Morgan fingerprint density at radius 3 is 2.16 bits per heavy atom. The van der Waals surface area contributed by atoms with E-state index in [0.29, 0.717) is 6.42 Å². The van der Waals surface area contributed by atoms with Crippen molar-refractivity contribution in [3.8, 4) is 11.1 Å². The number of hydroxylamine groups is 1. The number of aliphatic carboxylic acids is 1. The summed E-state index contributed by atoms with van der Waals surface area (Å²) in [6.07, 6.45) is -1.35. The zero-order valence-corrected chi connectivity index (χ0v) is 18.4. The third-order valence-corrected chi connectivity index (χ3v) is 5.46. The van der Waals surface area contributed by atoms with E-state index in [2.05, 4.69) is 35.1 Å². The van der Waals surface area contributed by atoms with Crippen LogP contribution >= 0.6 is 0 Å². The van der Waals surface area contributed by atoms with Gasteiger partial charge < -0.3 is 15.2 Å². The van der Waals surface area contributed by atoms with E-state index >= 15 is 0 Å². The van der Waals surface area contributed by atoms with Gasteiger partial charge in [0.05, 0.1) is 0 Å². The number of hydrogen-bond acceptors (Lipinski definition) is 5. The van der Waals surface area contributed by atoms with Gasteiger partial charge in [-0.1, -0.05) is 48.5 Å². The number of hydrogen-bond donors (Lipinski definition) is 3. The average Bonchev–Trinajstić information content (AvgIpc) is 3.08. The average molecular weight is 440 g/mol. The van der Waals surface area contributed by atoms with Gasteiger partial charge in [0, 0.05) is 17.9 Å². The Labute approximate surface area is 186 Å². The summed E-state index contributed by atoms with van der Waals surface area (Å²) in [7, 11) is 0. The molecule has 0 aliphatic heterocycles. The minimum absolute atomic E-state index is 0.0320. The Hall–Kier alpha value is -3.39. The Bertz CT molecular complexity index is 958. The number of nitrogens with one attached hydrogen (secondary N) is 2. The molecule has 2 amide bonds. The number of carboxylic acid groups (broad SMARTS) is 1. The van der Waals surface area contributed by atoms with Gasteiger partial charge in [-0.05, 0) is 49.4 Å². The Morgan fingerprint density at radius 1 is 1.03 bits per heavy atom. The van der Waals surface area contributed by atoms with Crippen LogP contribution < -0.4 is 10.8 Å². The molecule has 0 radical (unpaired) electrons. The van der Waals surface area contributed by atoms with Crippen molar-refractivity contribution in [3.63, 3.8) is 0 Å². The molecular formula is C24H28N2O6. The van der Waals surface area contributed by atoms with Gasteiger partial charge in [0.2, 0.25) is 5.91 Å². The van der Waals surface area contributed by atoms with Crippen molar-refractivity contribution in [2.45, 2.75) is 51.2 Å². The van der Waals surface area contributed by atoms with E-state index in [-0.39, 0.29) is 18.9 Å². The molecule has 0 bridgehead atoms. The molecule has 3 rings (SSSR count). The van der Waals surface area contributed by atoms with E-state index in [4.69, 9.17) is 14.7 Å². The highest BCUT2D eigenvalue weighted by molar-refractivity contribution is 5.79. The zero-order chi connectivity index (χ0) is 23.3. The number of ether oxygens (including phenoxy) is 1. The molecule has 0 saturated heterocycles. The molecule has 8 nitrogen and oxygen atoms in total. The van der Waals surface area contributed by atoms with Crippen molar-refractivity contribution in [1.29, 1.82) is 0 Å². The van der Waals surface area contributed by atoms with Crippen LogP contribution in [0.25, 0.3) is 11.1 Å². The van der Waals surface area contributed by atoms with E-state index in [1.165, 1.54) is 6.92 Å². The fourth-order valence-electron chi connectivity index (χ4n) is 3.65. The number of alkyl carbamates (subject to hydrolysis) is 1. The van der Waals surface area contributed by atoms with Crippen molar-refractivity contribution < 1.29 is 29.1 Å². The molecule has 8 heteroatoms. The van der Waals surface area contributed by atoms with Crippen LogP contribution in [0.2, 0.25) is 0 Å². The van der Waals surface area contributed by atoms with Crippen molar-refractivity contribution in [3.05, 3.63) is 59.7 Å². The van der Waals surface area contributed by atoms with Crippen LogP contribution in [0, 0.1) is 0 Å². The first-order chi connectivity index (χ1) is 15.2. The molecule has 0 aromatic heterocycles. The largest absolute Gasteiger partial charge is 0.479 e. The van der Waals surface area contributed by atoms with Gasteiger partial charge in [-0.25, -0.2) is 15.1 Å². The molecule has 32 heavy (non-hydrogen) atoms. The van der Waals surface area contributed by atoms with Crippen LogP contribution in [0.1, 0.15) is 50.7 Å². The Morgan fingerprint density at radius 2 is 1.59 bits per heavy atom. The molecule has 3 N–H and O–H groups in total. The summed E-state index contributed by atoms with van der Waals surface area (Å²) in [5.74, 6) is -1.68. The maximum Gasteiger partial charge on any atom is 0.407 e. The minimum Gasteiger partial charge on any atom is -0.479 e. The molecule has 1 aliphatic carbocycles. The highest BCUT2D eigenvalue weighted by Gasteiger charge is 2.30. The summed E-state index contributed by atoms with van der Waals surface area (Å²) in [6, 6.07) is 16.2. The van der Waals surface area contributed by atoms with Crippen molar-refractivity contribution in [2.24, 2.45) is 0 Å². The molecule has 170 valence electrons. The first-order valence-corrected chi connectivity index (χ1v) is 10.5. The lowest BCUT2D eigenvalue weighted by Gasteiger charge is -2.26. The van der Waals surface area contributed by atoms with Crippen molar-refractivity contribution in [2.75, 3.05) is 6.61 Å². The topological polar surface area (TPSA) is 114 Å². The van der Waals surface area contributed by atoms with Crippen LogP contribution in [0.15, 0.2) is 48.5 Å². The SMILES string of the molecule is CC(ONC(=O)CCC(C)(C)NC(=O)OCC1c2ccccc2-c2ccccc21)C(=O)O. The maximum absolute atomic E-state index is 12.5. The second-order valence-corrected chi connectivity index (χ2v) is 8.46. The first-order valence-electron chi connectivity index (χ1n) is 10.5. The number of amides is 2. The van der Waals surface area contributed by atoms with E-state index in [1.54, 1.807) is 13.8 Å². The number of carbonyl (C=O) groups excluding carboxylic acids is 2. The molecule has 1 atom stereocenters. The smallest absolute Gasteiger partial charge is 0.407 e. The highest BCUT2D eigenvalue weighted by Crippen LogP contribution is 2.44. The second-order valence-electron chi connectivity index (χ2n) is 8.46. The van der Waals surface area contributed by atoms with Crippen LogP contribution in [-0.2, 0) is 19.2 Å². The fraction of sp³-hybridized carbons (Fsp3) is 0.375. The Kier molecular flexibility index (Phi) is 7.15. The van der Waals surface area contributed by atoms with Crippen molar-refractivity contribution >= 4 is 18.0 Å². The van der Waals surface area contributed by atoms with E-state index in [1.807, 2.05) is 24.3 Å². The van der Waals surface area contributed by atoms with Crippen LogP contribution in [-0.4, -0.2) is 41.3 Å². The number of carboxylic acids is 1. The van der Waals surface area contributed by atoms with Gasteiger partial charge in [-0.2, -0.15) is 0 Å². The summed E-state index contributed by atoms with van der Waals surface area (Å²) in [6.45, 7) is 5.08. The van der Waals surface area contributed by atoms with Gasteiger partial charge in [0.15, 0.2) is 6.10 Å². The summed E-state index contributed by atoms with van der Waals surface area (Å²) in [5.41, 5.74) is 5.97. The fourth-order valence-corrected chi connectivity index (χ4v) is 3.65. The maximum atomic E-state index is 12.5. The lowest BCUT2D eigenvalue weighted by Crippen LogP contribution is -2.45. The molecule has 0 heterocycles. The quantitative estimate of drug-likeness (QED) is 0.514. The number of fused-ring (bicyclic) bond motifs is 3. The molecule has 0 saturated carbocycles. The standard InChI is InChI=1S/C24H28N2O6/c1-15(22(28)29)32-26-21(27)12-13-24(2,3)25-23(30)31-14-20-18-10-6-4-8-16(18)17-9-5-7-11-19(17)20/h4-11,15,20H,12-14H2,1-3H3,(H,25,30)(H,26,27)(H,28,29). The minimum atomic E-state index is -1.18. The van der Waals surface area contributed by atoms with E-state index in [0.717, 1.165) is 22.3 Å². The lowest BCUT2D eigenvalue weighted by molar-refractivity contribution is -0.158. The second kappa shape index (κ2) is 9.82. The summed E-state index contributed by atoms with van der Waals surface area (Å²) in [4.78, 5) is 39.8. The van der Waals surface area contributed by atoms with Crippen LogP contribution in [0.3, 0.4) is 0 Å². The number of benzene rings is 2. The van der Waals surface area contributed by atoms with Gasteiger partial charge >= 0.3 is 12.1 Å². The summed E-state index contributed by atoms with van der Waals surface area (Å²) >= 11 is 0. The summed E-state index contributed by atoms with van der Waals surface area (Å²) < 4.78 is 5.55. The normalized spacial score (nSPS) is 13.6. The molecule has 1 aliphatic rings. The van der Waals surface area contributed by atoms with E-state index < -0.39 is 29.6 Å². The third-order valence-electron chi connectivity index (χ3n) is 5.46. The van der Waals surface area contributed by atoms with Gasteiger partial charge in [0.25, 0.3) is 0 Å². The molecule has 0 fully saturated rings. The third kappa shape index (κ3) is 5.64. The zero-order valence-electron chi connectivity index (χ0n) is 18.4. The number of carbonyl (C=O) groups is 3. The van der Waals surface area contributed by atoms with Gasteiger partial charge in [-0.15, -0.1) is 0 Å². The van der Waals surface area contributed by atoms with Gasteiger partial charge in [0.1, 0.15) is 6.61 Å². The molecule has 1 unspecified atom stereocenters. The first kappa shape index (κ1) is 23.3. The molecule has 0 spiro atoms. The number of rotatable bonds is 9. The van der Waals surface area contributed by atoms with Gasteiger partial charge in [-0.3, -0.25) is 9.63 Å². The van der Waals surface area contributed by atoms with Crippen molar-refractivity contribution in [1.82, 2.24) is 10.8 Å². The Balaban J connectivity index is 1.50. The monoisotopic (exact) mass is 440 g/mol. The molecule has 2 aromatic rings. The molecule has 2 aromatic carbocycles. The molecular weight excluding hydrogens is 412 g/mol. The predicted molar refractivity (Wildman–Crippen MR) is 118 cm³/mol. The van der Waals surface area contributed by atoms with Crippen LogP contribution in [0.4, 0.5) is 4.79 Å². The highest BCUT2D eigenvalue weighted by atomic mass is 16.7.